The van der Waals surface area contributed by atoms with Crippen LogP contribution in [0.25, 0.3) is 11.1 Å². The summed E-state index contributed by atoms with van der Waals surface area (Å²) >= 11 is 0. The number of amides is 3. The first-order valence-electron chi connectivity index (χ1n) is 14.2. The van der Waals surface area contributed by atoms with Crippen molar-refractivity contribution in [2.45, 2.75) is 43.8 Å². The zero-order valence-electron chi connectivity index (χ0n) is 23.2. The summed E-state index contributed by atoms with van der Waals surface area (Å²) in [5.74, 6) is -1.52. The third-order valence-electron chi connectivity index (χ3n) is 7.59. The molecule has 2 heterocycles. The molecule has 0 aromatic heterocycles. The van der Waals surface area contributed by atoms with E-state index in [1.165, 1.54) is 12.1 Å². The summed E-state index contributed by atoms with van der Waals surface area (Å²) in [6.07, 6.45) is 0.771. The van der Waals surface area contributed by atoms with Gasteiger partial charge in [-0.1, -0.05) is 12.1 Å². The van der Waals surface area contributed by atoms with E-state index in [2.05, 4.69) is 26.2 Å². The molecule has 0 spiro atoms. The van der Waals surface area contributed by atoms with Crippen molar-refractivity contribution in [3.63, 3.8) is 0 Å². The largest absolute Gasteiger partial charge is 0.508 e. The lowest BCUT2D eigenvalue weighted by Gasteiger charge is -2.28. The Hall–Kier alpha value is -3.71. The Morgan fingerprint density at radius 1 is 0.951 bits per heavy atom. The van der Waals surface area contributed by atoms with Crippen LogP contribution in [0.4, 0.5) is 0 Å². The van der Waals surface area contributed by atoms with Crippen molar-refractivity contribution in [1.82, 2.24) is 26.2 Å². The van der Waals surface area contributed by atoms with E-state index in [4.69, 9.17) is 11.5 Å². The van der Waals surface area contributed by atoms with Gasteiger partial charge in [-0.25, -0.2) is 0 Å². The topological polar surface area (TPSA) is 195 Å². The molecule has 3 amide bonds. The molecule has 1 saturated heterocycles. The molecule has 2 aliphatic rings. The molecule has 1 fully saturated rings. The normalized spacial score (nSPS) is 22.1. The van der Waals surface area contributed by atoms with Crippen molar-refractivity contribution < 1.29 is 24.6 Å². The van der Waals surface area contributed by atoms with Crippen LogP contribution in [0.2, 0.25) is 0 Å². The van der Waals surface area contributed by atoms with Crippen LogP contribution >= 0.6 is 0 Å². The fourth-order valence-corrected chi connectivity index (χ4v) is 5.15. The second kappa shape index (κ2) is 14.3. The first-order valence-corrected chi connectivity index (χ1v) is 14.2. The van der Waals surface area contributed by atoms with Gasteiger partial charge in [0, 0.05) is 52.1 Å². The van der Waals surface area contributed by atoms with E-state index < -0.39 is 35.8 Å². The molecule has 12 heteroatoms. The molecule has 0 saturated carbocycles. The second-order valence-corrected chi connectivity index (χ2v) is 10.6. The summed E-state index contributed by atoms with van der Waals surface area (Å²) in [4.78, 5) is 42.1. The highest BCUT2D eigenvalue weighted by molar-refractivity contribution is 5.93. The molecule has 0 radical (unpaired) electrons. The predicted octanol–water partition coefficient (Wildman–Crippen LogP) is -1.08. The van der Waals surface area contributed by atoms with Crippen LogP contribution in [0, 0.1) is 0 Å². The van der Waals surface area contributed by atoms with Crippen molar-refractivity contribution in [2.24, 2.45) is 11.5 Å². The maximum Gasteiger partial charge on any atom is 0.243 e. The minimum Gasteiger partial charge on any atom is -0.508 e. The molecule has 2 aliphatic heterocycles. The van der Waals surface area contributed by atoms with E-state index in [0.29, 0.717) is 37.2 Å². The van der Waals surface area contributed by atoms with Crippen LogP contribution < -0.4 is 32.7 Å². The summed E-state index contributed by atoms with van der Waals surface area (Å²) in [5, 5.41) is 32.9. The van der Waals surface area contributed by atoms with Crippen LogP contribution in [0.1, 0.15) is 24.0 Å². The molecule has 10 N–H and O–H groups in total. The number of benzene rings is 2. The first-order chi connectivity index (χ1) is 19.7. The van der Waals surface area contributed by atoms with Gasteiger partial charge in [-0.2, -0.15) is 0 Å². The van der Waals surface area contributed by atoms with E-state index in [9.17, 15) is 24.6 Å². The number of rotatable bonds is 7. The number of hydrogen-bond donors (Lipinski definition) is 8. The number of hydrogen-bond acceptors (Lipinski definition) is 9. The summed E-state index contributed by atoms with van der Waals surface area (Å²) < 4.78 is 0. The zero-order chi connectivity index (χ0) is 29.4. The van der Waals surface area contributed by atoms with Crippen LogP contribution in [0.15, 0.2) is 36.4 Å². The molecule has 3 atom stereocenters. The highest BCUT2D eigenvalue weighted by atomic mass is 16.3. The van der Waals surface area contributed by atoms with Crippen LogP contribution in [-0.2, 0) is 27.2 Å². The SMILES string of the molecule is NCCC[C@@H]1NC(=O)[C@@H](N)Cc2cc(ccc2O)-c2ccc(O)c(c2)C[C@@H](C(=O)NCCN2CCNCC2)NC1=O. The molecule has 0 unspecified atom stereocenters. The average molecular weight is 568 g/mol. The molecule has 4 rings (SSSR count). The Morgan fingerprint density at radius 3 is 2.22 bits per heavy atom. The van der Waals surface area contributed by atoms with Crippen LogP contribution in [0.5, 0.6) is 11.5 Å². The number of piperazine rings is 1. The summed E-state index contributed by atoms with van der Waals surface area (Å²) in [6, 6.07) is 7.00. The van der Waals surface area contributed by atoms with Gasteiger partial charge in [0.15, 0.2) is 0 Å². The molecule has 12 nitrogen and oxygen atoms in total. The Bertz CT molecular complexity index is 1230. The van der Waals surface area contributed by atoms with Crippen molar-refractivity contribution in [3.8, 4) is 22.6 Å². The molecule has 2 aromatic carbocycles. The number of aromatic hydroxyl groups is 2. The van der Waals surface area contributed by atoms with E-state index in [0.717, 1.165) is 37.3 Å². The van der Waals surface area contributed by atoms with E-state index in [1.807, 2.05) is 0 Å². The monoisotopic (exact) mass is 567 g/mol. The number of phenols is 2. The number of nitrogens with one attached hydrogen (secondary N) is 4. The van der Waals surface area contributed by atoms with Gasteiger partial charge in [-0.05, 0) is 65.9 Å². The number of phenolic OH excluding ortho intramolecular Hbond substituents is 2. The van der Waals surface area contributed by atoms with Gasteiger partial charge in [-0.3, -0.25) is 19.3 Å². The number of nitrogens with two attached hydrogens (primary N) is 2. The maximum atomic E-state index is 13.5. The lowest BCUT2D eigenvalue weighted by Crippen LogP contribution is -2.57. The Balaban J connectivity index is 1.65. The van der Waals surface area contributed by atoms with Gasteiger partial charge in [0.1, 0.15) is 23.6 Å². The zero-order valence-corrected chi connectivity index (χ0v) is 23.2. The Labute approximate surface area is 239 Å². The molecule has 2 aromatic rings. The lowest BCUT2D eigenvalue weighted by atomic mass is 9.95. The summed E-state index contributed by atoms with van der Waals surface area (Å²) in [6.45, 7) is 4.94. The van der Waals surface area contributed by atoms with E-state index in [-0.39, 0.29) is 30.8 Å². The van der Waals surface area contributed by atoms with Crippen molar-refractivity contribution >= 4 is 17.7 Å². The van der Waals surface area contributed by atoms with Gasteiger partial charge in [0.05, 0.1) is 6.04 Å². The second-order valence-electron chi connectivity index (χ2n) is 10.6. The third-order valence-corrected chi connectivity index (χ3v) is 7.59. The van der Waals surface area contributed by atoms with Crippen LogP contribution in [-0.4, -0.2) is 96.8 Å². The molecule has 41 heavy (non-hydrogen) atoms. The molecule has 0 aliphatic carbocycles. The minimum absolute atomic E-state index is 0.00436. The molecule has 222 valence electrons. The van der Waals surface area contributed by atoms with Gasteiger partial charge in [0.2, 0.25) is 17.7 Å². The van der Waals surface area contributed by atoms with Gasteiger partial charge < -0.3 is 42.9 Å². The van der Waals surface area contributed by atoms with Gasteiger partial charge >= 0.3 is 0 Å². The molecule has 4 bridgehead atoms. The highest BCUT2D eigenvalue weighted by Gasteiger charge is 2.29. The highest BCUT2D eigenvalue weighted by Crippen LogP contribution is 2.30. The number of carbonyl (C=O) groups excluding carboxylic acids is 3. The quantitative estimate of drug-likeness (QED) is 0.205. The third kappa shape index (κ3) is 8.17. The first kappa shape index (κ1) is 30.3. The smallest absolute Gasteiger partial charge is 0.243 e. The number of carbonyl (C=O) groups is 3. The van der Waals surface area contributed by atoms with Gasteiger partial charge in [0.25, 0.3) is 0 Å². The fraction of sp³-hybridized carbons (Fsp3) is 0.483. The average Bonchev–Trinajstić information content (AvgIpc) is 2.97. The van der Waals surface area contributed by atoms with Gasteiger partial charge in [-0.15, -0.1) is 0 Å². The van der Waals surface area contributed by atoms with Crippen molar-refractivity contribution in [3.05, 3.63) is 47.5 Å². The molecular weight excluding hydrogens is 526 g/mol. The predicted molar refractivity (Wildman–Crippen MR) is 155 cm³/mol. The Morgan fingerprint density at radius 2 is 1.59 bits per heavy atom. The number of fused-ring (bicyclic) bond motifs is 5. The summed E-state index contributed by atoms with van der Waals surface area (Å²) in [5.41, 5.74) is 14.3. The fourth-order valence-electron chi connectivity index (χ4n) is 5.15. The van der Waals surface area contributed by atoms with Crippen molar-refractivity contribution in [1.29, 1.82) is 0 Å². The van der Waals surface area contributed by atoms with E-state index in [1.54, 1.807) is 24.3 Å². The summed E-state index contributed by atoms with van der Waals surface area (Å²) in [7, 11) is 0. The minimum atomic E-state index is -1.03. The van der Waals surface area contributed by atoms with E-state index >= 15 is 0 Å². The standard InChI is InChI=1S/C29H41N7O5/c30-7-1-2-23-29(41)35-24(28(40)33-10-13-36-11-8-32-9-12-36)17-21-15-19(4-6-26(21)38)18-3-5-25(37)20(14-18)16-22(31)27(39)34-23/h3-6,14-15,22-24,32,37-38H,1-2,7-13,16-17,30-31H2,(H,33,40)(H,34,39)(H,35,41)/t22-,23-,24-/m0/s1. The molecular formula is C29H41N7O5. The van der Waals surface area contributed by atoms with Crippen molar-refractivity contribution in [2.75, 3.05) is 45.8 Å². The number of nitrogens with zero attached hydrogens (tertiary/aromatic N) is 1. The van der Waals surface area contributed by atoms with Crippen LogP contribution in [0.3, 0.4) is 0 Å². The Kier molecular flexibility index (Phi) is 10.5. The maximum absolute atomic E-state index is 13.5. The lowest BCUT2D eigenvalue weighted by molar-refractivity contribution is -0.132.